The Kier molecular flexibility index (Phi) is 5.68. The maximum atomic E-state index is 12.3. The quantitative estimate of drug-likeness (QED) is 0.435. The fraction of sp³-hybridized carbons (Fsp3) is 0.133. The summed E-state index contributed by atoms with van der Waals surface area (Å²) in [4.78, 5) is 21.9. The lowest BCUT2D eigenvalue weighted by atomic mass is 10.1. The number of carbonyl (C=O) groups is 1. The maximum absolute atomic E-state index is 12.3. The van der Waals surface area contributed by atoms with Crippen molar-refractivity contribution in [2.24, 2.45) is 0 Å². The summed E-state index contributed by atoms with van der Waals surface area (Å²) in [7, 11) is 0. The van der Waals surface area contributed by atoms with Gasteiger partial charge >= 0.3 is 0 Å². The third-order valence-corrected chi connectivity index (χ3v) is 5.70. The van der Waals surface area contributed by atoms with Crippen LogP contribution in [0.2, 0.25) is 0 Å². The van der Waals surface area contributed by atoms with Crippen molar-refractivity contribution in [1.29, 1.82) is 0 Å². The van der Waals surface area contributed by atoms with Gasteiger partial charge in [-0.25, -0.2) is 0 Å². The van der Waals surface area contributed by atoms with Crippen LogP contribution in [0.4, 0.5) is 11.4 Å². The summed E-state index contributed by atoms with van der Waals surface area (Å²) < 4.78 is 0. The third-order valence-electron chi connectivity index (χ3n) is 2.98. The smallest absolute Gasteiger partial charge is 0.292 e. The lowest BCUT2D eigenvalue weighted by Gasteiger charge is -2.17. The number of amides is 1. The number of hydrogen-bond donors (Lipinski definition) is 1. The number of nitrogens with one attached hydrogen (secondary N) is 1. The molecule has 0 fully saturated rings. The van der Waals surface area contributed by atoms with Crippen molar-refractivity contribution in [2.45, 2.75) is 9.65 Å². The molecule has 22 heavy (non-hydrogen) atoms. The third kappa shape index (κ3) is 3.92. The van der Waals surface area contributed by atoms with Crippen LogP contribution < -0.4 is 5.32 Å². The van der Waals surface area contributed by atoms with Gasteiger partial charge < -0.3 is 5.32 Å². The molecule has 2 rings (SSSR count). The van der Waals surface area contributed by atoms with Crippen LogP contribution in [0.5, 0.6) is 0 Å². The van der Waals surface area contributed by atoms with Crippen molar-refractivity contribution < 1.29 is 9.72 Å². The number of halogens is 2. The minimum Gasteiger partial charge on any atom is -0.319 e. The number of alkyl halides is 2. The number of nitro groups is 1. The van der Waals surface area contributed by atoms with Crippen LogP contribution in [0.3, 0.4) is 0 Å². The lowest BCUT2D eigenvalue weighted by molar-refractivity contribution is -0.383. The Bertz CT molecular complexity index is 679. The van der Waals surface area contributed by atoms with E-state index in [1.165, 1.54) is 12.1 Å². The Labute approximate surface area is 144 Å². The van der Waals surface area contributed by atoms with E-state index in [0.29, 0.717) is 0 Å². The van der Waals surface area contributed by atoms with Crippen LogP contribution in [0.1, 0.15) is 10.4 Å². The number of para-hydroxylation sites is 2. The molecule has 2 unspecified atom stereocenters. The van der Waals surface area contributed by atoms with Gasteiger partial charge in [0.15, 0.2) is 0 Å². The first-order chi connectivity index (χ1) is 10.5. The molecule has 0 aliphatic carbocycles. The van der Waals surface area contributed by atoms with Gasteiger partial charge in [0.25, 0.3) is 5.69 Å². The van der Waals surface area contributed by atoms with Crippen LogP contribution in [-0.4, -0.2) is 15.7 Å². The molecule has 2 aromatic rings. The first-order valence-corrected chi connectivity index (χ1v) is 8.21. The first kappa shape index (κ1) is 16.6. The predicted molar refractivity (Wildman–Crippen MR) is 92.6 cm³/mol. The normalized spacial score (nSPS) is 13.2. The van der Waals surface area contributed by atoms with Crippen molar-refractivity contribution in [3.05, 3.63) is 70.3 Å². The van der Waals surface area contributed by atoms with E-state index < -0.39 is 9.75 Å². The van der Waals surface area contributed by atoms with Gasteiger partial charge in [0.2, 0.25) is 5.91 Å². The van der Waals surface area contributed by atoms with E-state index in [4.69, 9.17) is 0 Å². The first-order valence-electron chi connectivity index (χ1n) is 6.38. The average molecular weight is 428 g/mol. The molecular formula is C15H12Br2N2O3. The standard InChI is InChI=1S/C15H12Br2N2O3/c16-13(10-6-2-1-3-7-10)14(17)15(20)18-11-8-4-5-9-12(11)19(21)22/h1-9,13-14H,(H,18,20). The summed E-state index contributed by atoms with van der Waals surface area (Å²) in [6.45, 7) is 0. The second-order valence-electron chi connectivity index (χ2n) is 4.48. The van der Waals surface area contributed by atoms with Gasteiger partial charge in [-0.05, 0) is 11.6 Å². The molecule has 0 aliphatic heterocycles. The zero-order valence-corrected chi connectivity index (χ0v) is 14.5. The number of anilines is 1. The molecule has 0 bridgehead atoms. The van der Waals surface area contributed by atoms with Gasteiger partial charge in [-0.2, -0.15) is 0 Å². The molecule has 5 nitrogen and oxygen atoms in total. The van der Waals surface area contributed by atoms with Crippen molar-refractivity contribution in [3.63, 3.8) is 0 Å². The predicted octanol–water partition coefficient (Wildman–Crippen LogP) is 4.43. The zero-order valence-electron chi connectivity index (χ0n) is 11.3. The highest BCUT2D eigenvalue weighted by Gasteiger charge is 2.26. The summed E-state index contributed by atoms with van der Waals surface area (Å²) in [5.41, 5.74) is 0.971. The molecule has 0 heterocycles. The Morgan fingerprint density at radius 2 is 1.64 bits per heavy atom. The minimum absolute atomic E-state index is 0.138. The highest BCUT2D eigenvalue weighted by Crippen LogP contribution is 2.32. The van der Waals surface area contributed by atoms with Gasteiger partial charge in [-0.3, -0.25) is 14.9 Å². The van der Waals surface area contributed by atoms with Crippen LogP contribution in [0.15, 0.2) is 54.6 Å². The van der Waals surface area contributed by atoms with E-state index in [9.17, 15) is 14.9 Å². The number of hydrogen-bond acceptors (Lipinski definition) is 3. The Balaban J connectivity index is 2.14. The number of nitrogens with zero attached hydrogens (tertiary/aromatic N) is 1. The van der Waals surface area contributed by atoms with Gasteiger partial charge in [-0.15, -0.1) is 0 Å². The second-order valence-corrected chi connectivity index (χ2v) is 6.45. The highest BCUT2D eigenvalue weighted by atomic mass is 79.9. The minimum atomic E-state index is -0.574. The summed E-state index contributed by atoms with van der Waals surface area (Å²) in [6, 6.07) is 15.5. The molecule has 0 spiro atoms. The molecule has 0 radical (unpaired) electrons. The second kappa shape index (κ2) is 7.51. The Morgan fingerprint density at radius 3 is 2.27 bits per heavy atom. The summed E-state index contributed by atoms with van der Waals surface area (Å²) in [6.07, 6.45) is 0. The molecule has 7 heteroatoms. The van der Waals surface area contributed by atoms with Gasteiger partial charge in [-0.1, -0.05) is 74.3 Å². The van der Waals surface area contributed by atoms with Crippen LogP contribution in [0.25, 0.3) is 0 Å². The van der Waals surface area contributed by atoms with E-state index in [-0.39, 0.29) is 22.1 Å². The molecule has 1 N–H and O–H groups in total. The average Bonchev–Trinajstić information content (AvgIpc) is 2.54. The topological polar surface area (TPSA) is 72.2 Å². The van der Waals surface area contributed by atoms with E-state index >= 15 is 0 Å². The SMILES string of the molecule is O=C(Nc1ccccc1[N+](=O)[O-])C(Br)C(Br)c1ccccc1. The number of carbonyl (C=O) groups excluding carboxylic acids is 1. The molecule has 0 saturated carbocycles. The monoisotopic (exact) mass is 426 g/mol. The molecule has 0 aromatic heterocycles. The van der Waals surface area contributed by atoms with Crippen molar-refractivity contribution >= 4 is 49.1 Å². The lowest BCUT2D eigenvalue weighted by Crippen LogP contribution is -2.26. The molecule has 114 valence electrons. The zero-order chi connectivity index (χ0) is 16.1. The number of rotatable bonds is 5. The van der Waals surface area contributed by atoms with Crippen LogP contribution in [-0.2, 0) is 4.79 Å². The summed E-state index contributed by atoms with van der Waals surface area (Å²) >= 11 is 6.81. The van der Waals surface area contributed by atoms with E-state index in [1.54, 1.807) is 12.1 Å². The van der Waals surface area contributed by atoms with Crippen molar-refractivity contribution in [2.75, 3.05) is 5.32 Å². The number of benzene rings is 2. The highest BCUT2D eigenvalue weighted by molar-refractivity contribution is 9.12. The van der Waals surface area contributed by atoms with Gasteiger partial charge in [0.1, 0.15) is 10.5 Å². The van der Waals surface area contributed by atoms with Gasteiger partial charge in [0, 0.05) is 6.07 Å². The van der Waals surface area contributed by atoms with Crippen molar-refractivity contribution in [3.8, 4) is 0 Å². The fourth-order valence-corrected chi connectivity index (χ4v) is 2.84. The fourth-order valence-electron chi connectivity index (χ4n) is 1.88. The van der Waals surface area contributed by atoms with Crippen LogP contribution >= 0.6 is 31.9 Å². The molecule has 2 atom stereocenters. The Morgan fingerprint density at radius 1 is 1.05 bits per heavy atom. The molecule has 0 aliphatic rings. The molecule has 2 aromatic carbocycles. The number of nitro benzene ring substituents is 1. The van der Waals surface area contributed by atoms with E-state index in [1.807, 2.05) is 30.3 Å². The Hall–Kier alpha value is -1.73. The maximum Gasteiger partial charge on any atom is 0.292 e. The van der Waals surface area contributed by atoms with Crippen molar-refractivity contribution in [1.82, 2.24) is 0 Å². The van der Waals surface area contributed by atoms with Gasteiger partial charge in [0.05, 0.1) is 9.75 Å². The summed E-state index contributed by atoms with van der Waals surface area (Å²) in [5, 5.41) is 13.5. The molecule has 0 saturated heterocycles. The van der Waals surface area contributed by atoms with E-state index in [0.717, 1.165) is 5.56 Å². The molecular weight excluding hydrogens is 416 g/mol. The summed E-state index contributed by atoms with van der Waals surface area (Å²) in [5.74, 6) is -0.361. The molecule has 1 amide bonds. The largest absolute Gasteiger partial charge is 0.319 e. The van der Waals surface area contributed by atoms with Crippen LogP contribution in [0, 0.1) is 10.1 Å². The van der Waals surface area contributed by atoms with E-state index in [2.05, 4.69) is 37.2 Å².